The van der Waals surface area contributed by atoms with Crippen molar-refractivity contribution >= 4 is 33.0 Å². The van der Waals surface area contributed by atoms with Gasteiger partial charge in [-0.3, -0.25) is 4.79 Å². The molecule has 24 heavy (non-hydrogen) atoms. The molecule has 0 unspecified atom stereocenters. The van der Waals surface area contributed by atoms with Crippen LogP contribution in [0.1, 0.15) is 24.8 Å². The van der Waals surface area contributed by atoms with Crippen LogP contribution in [0.25, 0.3) is 0 Å². The number of carbonyl (C=O) groups excluding carboxylic acids is 1. The smallest absolute Gasteiger partial charge is 0.235 e. The van der Waals surface area contributed by atoms with Crippen molar-refractivity contribution in [1.29, 1.82) is 0 Å². The second kappa shape index (κ2) is 6.22. The molecular formula is C18H18ClNO3S. The molecule has 1 amide bonds. The molecular weight excluding hydrogens is 346 g/mol. The first-order valence-corrected chi connectivity index (χ1v) is 9.96. The number of nitrogens with one attached hydrogen (secondary N) is 1. The SMILES string of the molecule is CS(=O)(=O)c1cccc(NC(=O)C2(c3ccc(Cl)cc3)CCC2)c1. The molecule has 3 rings (SSSR count). The second-order valence-corrected chi connectivity index (χ2v) is 8.65. The van der Waals surface area contributed by atoms with E-state index in [1.54, 1.807) is 24.3 Å². The van der Waals surface area contributed by atoms with E-state index in [0.717, 1.165) is 31.1 Å². The first kappa shape index (κ1) is 17.0. The van der Waals surface area contributed by atoms with Crippen LogP contribution in [0.5, 0.6) is 0 Å². The molecule has 0 heterocycles. The van der Waals surface area contributed by atoms with Gasteiger partial charge in [0, 0.05) is 17.0 Å². The first-order chi connectivity index (χ1) is 11.3. The molecule has 0 atom stereocenters. The van der Waals surface area contributed by atoms with E-state index in [0.29, 0.717) is 10.7 Å². The van der Waals surface area contributed by atoms with Gasteiger partial charge in [0.1, 0.15) is 0 Å². The quantitative estimate of drug-likeness (QED) is 0.898. The maximum atomic E-state index is 12.9. The van der Waals surface area contributed by atoms with Crippen LogP contribution in [0.4, 0.5) is 5.69 Å². The zero-order valence-corrected chi connectivity index (χ0v) is 14.8. The Morgan fingerprint density at radius 1 is 1.12 bits per heavy atom. The van der Waals surface area contributed by atoms with Gasteiger partial charge in [-0.25, -0.2) is 8.42 Å². The summed E-state index contributed by atoms with van der Waals surface area (Å²) in [7, 11) is -3.31. The number of anilines is 1. The van der Waals surface area contributed by atoms with Gasteiger partial charge < -0.3 is 5.32 Å². The minimum absolute atomic E-state index is 0.110. The molecule has 0 aromatic heterocycles. The third-order valence-corrected chi connectivity index (χ3v) is 5.92. The van der Waals surface area contributed by atoms with Gasteiger partial charge in [-0.15, -0.1) is 0 Å². The summed E-state index contributed by atoms with van der Waals surface area (Å²) in [4.78, 5) is 13.1. The molecule has 2 aromatic carbocycles. The first-order valence-electron chi connectivity index (χ1n) is 7.69. The molecule has 1 saturated carbocycles. The van der Waals surface area contributed by atoms with Gasteiger partial charge in [0.15, 0.2) is 9.84 Å². The molecule has 1 N–H and O–H groups in total. The highest BCUT2D eigenvalue weighted by Crippen LogP contribution is 2.44. The van der Waals surface area contributed by atoms with Crippen molar-refractivity contribution in [3.63, 3.8) is 0 Å². The van der Waals surface area contributed by atoms with E-state index in [2.05, 4.69) is 5.32 Å². The standard InChI is InChI=1S/C18H18ClNO3S/c1-24(22,23)16-5-2-4-15(12-16)20-17(21)18(10-3-11-18)13-6-8-14(19)9-7-13/h2,4-9,12H,3,10-11H2,1H3,(H,20,21). The van der Waals surface area contributed by atoms with Gasteiger partial charge in [-0.1, -0.05) is 36.2 Å². The summed E-state index contributed by atoms with van der Waals surface area (Å²) >= 11 is 5.93. The van der Waals surface area contributed by atoms with Crippen molar-refractivity contribution in [3.05, 3.63) is 59.1 Å². The van der Waals surface area contributed by atoms with Gasteiger partial charge >= 0.3 is 0 Å². The Morgan fingerprint density at radius 2 is 1.79 bits per heavy atom. The Balaban J connectivity index is 1.87. The molecule has 2 aromatic rings. The van der Waals surface area contributed by atoms with E-state index in [1.165, 1.54) is 12.1 Å². The Kier molecular flexibility index (Phi) is 4.40. The molecule has 6 heteroatoms. The van der Waals surface area contributed by atoms with E-state index >= 15 is 0 Å². The Hall–Kier alpha value is -1.85. The third-order valence-electron chi connectivity index (χ3n) is 4.56. The van der Waals surface area contributed by atoms with Crippen molar-refractivity contribution in [2.45, 2.75) is 29.6 Å². The summed E-state index contributed by atoms with van der Waals surface area (Å²) in [5.74, 6) is -0.110. The van der Waals surface area contributed by atoms with Crippen LogP contribution in [-0.4, -0.2) is 20.6 Å². The van der Waals surface area contributed by atoms with E-state index in [1.807, 2.05) is 12.1 Å². The highest BCUT2D eigenvalue weighted by Gasteiger charge is 2.45. The fourth-order valence-corrected chi connectivity index (χ4v) is 3.79. The number of amides is 1. The lowest BCUT2D eigenvalue weighted by molar-refractivity contribution is -0.124. The third kappa shape index (κ3) is 3.19. The predicted octanol–water partition coefficient (Wildman–Crippen LogP) is 3.80. The molecule has 0 spiro atoms. The molecule has 0 saturated heterocycles. The second-order valence-electron chi connectivity index (χ2n) is 6.20. The minimum Gasteiger partial charge on any atom is -0.325 e. The van der Waals surface area contributed by atoms with E-state index in [4.69, 9.17) is 11.6 Å². The molecule has 1 aliphatic carbocycles. The lowest BCUT2D eigenvalue weighted by Crippen LogP contribution is -2.46. The summed E-state index contributed by atoms with van der Waals surface area (Å²) in [6, 6.07) is 13.7. The van der Waals surface area contributed by atoms with Crippen LogP contribution in [0.15, 0.2) is 53.4 Å². The van der Waals surface area contributed by atoms with Crippen molar-refractivity contribution in [1.82, 2.24) is 0 Å². The van der Waals surface area contributed by atoms with Crippen LogP contribution < -0.4 is 5.32 Å². The minimum atomic E-state index is -3.31. The maximum absolute atomic E-state index is 12.9. The van der Waals surface area contributed by atoms with Crippen LogP contribution in [0.2, 0.25) is 5.02 Å². The van der Waals surface area contributed by atoms with E-state index in [-0.39, 0.29) is 10.8 Å². The summed E-state index contributed by atoms with van der Waals surface area (Å²) in [5.41, 5.74) is 0.865. The van der Waals surface area contributed by atoms with E-state index < -0.39 is 15.3 Å². The maximum Gasteiger partial charge on any atom is 0.235 e. The number of benzene rings is 2. The average molecular weight is 364 g/mol. The Morgan fingerprint density at radius 3 is 2.33 bits per heavy atom. The lowest BCUT2D eigenvalue weighted by atomic mass is 9.64. The molecule has 126 valence electrons. The predicted molar refractivity (Wildman–Crippen MR) is 95.2 cm³/mol. The van der Waals surface area contributed by atoms with Crippen molar-refractivity contribution in [2.75, 3.05) is 11.6 Å². The van der Waals surface area contributed by atoms with Gasteiger partial charge in [0.05, 0.1) is 10.3 Å². The summed E-state index contributed by atoms with van der Waals surface area (Å²) in [6.45, 7) is 0. The summed E-state index contributed by atoms with van der Waals surface area (Å²) < 4.78 is 23.3. The molecule has 0 radical (unpaired) electrons. The van der Waals surface area contributed by atoms with Crippen molar-refractivity contribution < 1.29 is 13.2 Å². The van der Waals surface area contributed by atoms with Crippen LogP contribution >= 0.6 is 11.6 Å². The Labute approximate surface area is 146 Å². The topological polar surface area (TPSA) is 63.2 Å². The van der Waals surface area contributed by atoms with Crippen molar-refractivity contribution in [2.24, 2.45) is 0 Å². The molecule has 4 nitrogen and oxygen atoms in total. The zero-order chi connectivity index (χ0) is 17.4. The van der Waals surface area contributed by atoms with Gasteiger partial charge in [-0.05, 0) is 48.7 Å². The normalized spacial score (nSPS) is 16.2. The molecule has 1 aliphatic rings. The lowest BCUT2D eigenvalue weighted by Gasteiger charge is -2.40. The van der Waals surface area contributed by atoms with Gasteiger partial charge in [-0.2, -0.15) is 0 Å². The Bertz CT molecular complexity index is 871. The number of hydrogen-bond acceptors (Lipinski definition) is 3. The van der Waals surface area contributed by atoms with Crippen molar-refractivity contribution in [3.8, 4) is 0 Å². The molecule has 0 aliphatic heterocycles. The highest BCUT2D eigenvalue weighted by molar-refractivity contribution is 7.90. The molecule has 0 bridgehead atoms. The average Bonchev–Trinajstić information content (AvgIpc) is 2.47. The molecule has 1 fully saturated rings. The van der Waals surface area contributed by atoms with Gasteiger partial charge in [0.2, 0.25) is 5.91 Å². The van der Waals surface area contributed by atoms with Crippen LogP contribution in [0.3, 0.4) is 0 Å². The summed E-state index contributed by atoms with van der Waals surface area (Å²) in [5, 5.41) is 3.51. The fraction of sp³-hybridized carbons (Fsp3) is 0.278. The highest BCUT2D eigenvalue weighted by atomic mass is 35.5. The van der Waals surface area contributed by atoms with E-state index in [9.17, 15) is 13.2 Å². The fourth-order valence-electron chi connectivity index (χ4n) is 3.00. The van der Waals surface area contributed by atoms with Gasteiger partial charge in [0.25, 0.3) is 0 Å². The van der Waals surface area contributed by atoms with Crippen LogP contribution in [-0.2, 0) is 20.0 Å². The number of carbonyl (C=O) groups is 1. The summed E-state index contributed by atoms with van der Waals surface area (Å²) in [6.07, 6.45) is 3.67. The zero-order valence-electron chi connectivity index (χ0n) is 13.3. The largest absolute Gasteiger partial charge is 0.325 e. The number of halogens is 1. The number of rotatable bonds is 4. The number of sulfone groups is 1. The number of hydrogen-bond donors (Lipinski definition) is 1. The monoisotopic (exact) mass is 363 g/mol. The van der Waals surface area contributed by atoms with Crippen LogP contribution in [0, 0.1) is 0 Å².